The number of halogens is 1. The fraction of sp³-hybridized carbons (Fsp3) is 0.0667. The van der Waals surface area contributed by atoms with Gasteiger partial charge in [-0.05, 0) is 46.3 Å². The molecule has 1 aliphatic rings. The summed E-state index contributed by atoms with van der Waals surface area (Å²) in [6.45, 7) is 0.187. The largest absolute Gasteiger partial charge is 0.454 e. The van der Waals surface area contributed by atoms with Crippen molar-refractivity contribution >= 4 is 49.6 Å². The van der Waals surface area contributed by atoms with Gasteiger partial charge < -0.3 is 9.47 Å². The molecule has 23 heavy (non-hydrogen) atoms. The van der Waals surface area contributed by atoms with E-state index in [1.165, 1.54) is 11.3 Å². The Balaban J connectivity index is 1.52. The van der Waals surface area contributed by atoms with Crippen LogP contribution in [0.1, 0.15) is 10.4 Å². The number of nitrogens with one attached hydrogen (secondary N) is 1. The molecule has 0 spiro atoms. The molecule has 0 atom stereocenters. The number of benzene rings is 1. The fourth-order valence-electron chi connectivity index (χ4n) is 2.10. The molecular formula is C15H9BrN2O3S2. The molecule has 2 aromatic heterocycles. The lowest BCUT2D eigenvalue weighted by Gasteiger charge is -2.03. The average Bonchev–Trinajstić information content (AvgIpc) is 3.26. The Morgan fingerprint density at radius 3 is 2.91 bits per heavy atom. The lowest BCUT2D eigenvalue weighted by molar-refractivity contribution is 0.102. The molecule has 0 unspecified atom stereocenters. The second-order valence-electron chi connectivity index (χ2n) is 4.66. The highest BCUT2D eigenvalue weighted by atomic mass is 79.9. The SMILES string of the molecule is O=C(Nc1nc(-c2ccc(Br)s2)cs1)c1ccc2c(c1)OCO2. The van der Waals surface area contributed by atoms with Crippen molar-refractivity contribution in [2.45, 2.75) is 0 Å². The van der Waals surface area contributed by atoms with Crippen LogP contribution >= 0.6 is 38.6 Å². The minimum absolute atomic E-state index is 0.187. The zero-order valence-corrected chi connectivity index (χ0v) is 14.8. The molecule has 0 saturated carbocycles. The normalized spacial score (nSPS) is 12.4. The molecule has 5 nitrogen and oxygen atoms in total. The van der Waals surface area contributed by atoms with Crippen LogP contribution in [0.4, 0.5) is 5.13 Å². The number of hydrogen-bond donors (Lipinski definition) is 1. The smallest absolute Gasteiger partial charge is 0.257 e. The summed E-state index contributed by atoms with van der Waals surface area (Å²) in [6, 6.07) is 9.07. The Kier molecular flexibility index (Phi) is 3.80. The first-order valence-electron chi connectivity index (χ1n) is 6.61. The zero-order valence-electron chi connectivity index (χ0n) is 11.5. The van der Waals surface area contributed by atoms with Gasteiger partial charge in [0.15, 0.2) is 16.6 Å². The number of thiazole rings is 1. The number of amides is 1. The van der Waals surface area contributed by atoms with E-state index < -0.39 is 0 Å². The number of fused-ring (bicyclic) bond motifs is 1. The van der Waals surface area contributed by atoms with Crippen LogP contribution in [0, 0.1) is 0 Å². The molecule has 116 valence electrons. The van der Waals surface area contributed by atoms with E-state index >= 15 is 0 Å². The maximum Gasteiger partial charge on any atom is 0.257 e. The third-order valence-corrected chi connectivity index (χ3v) is 5.59. The van der Waals surface area contributed by atoms with Crippen molar-refractivity contribution in [3.8, 4) is 22.1 Å². The van der Waals surface area contributed by atoms with E-state index in [9.17, 15) is 4.79 Å². The first-order valence-corrected chi connectivity index (χ1v) is 9.10. The Morgan fingerprint density at radius 1 is 1.22 bits per heavy atom. The van der Waals surface area contributed by atoms with Gasteiger partial charge in [-0.3, -0.25) is 10.1 Å². The molecule has 0 radical (unpaired) electrons. The predicted molar refractivity (Wildman–Crippen MR) is 93.6 cm³/mol. The van der Waals surface area contributed by atoms with Gasteiger partial charge in [-0.25, -0.2) is 4.98 Å². The lowest BCUT2D eigenvalue weighted by atomic mass is 10.2. The van der Waals surface area contributed by atoms with Crippen LogP contribution in [-0.2, 0) is 0 Å². The Hall–Kier alpha value is -1.90. The van der Waals surface area contributed by atoms with Crippen molar-refractivity contribution in [2.24, 2.45) is 0 Å². The Bertz CT molecular complexity index is 890. The number of aromatic nitrogens is 1. The summed E-state index contributed by atoms with van der Waals surface area (Å²) >= 11 is 6.43. The van der Waals surface area contributed by atoms with Gasteiger partial charge in [-0.2, -0.15) is 0 Å². The molecule has 3 heterocycles. The van der Waals surface area contributed by atoms with Crippen molar-refractivity contribution < 1.29 is 14.3 Å². The van der Waals surface area contributed by atoms with Crippen molar-refractivity contribution in [3.05, 3.63) is 45.1 Å². The van der Waals surface area contributed by atoms with Crippen molar-refractivity contribution in [2.75, 3.05) is 12.1 Å². The summed E-state index contributed by atoms with van der Waals surface area (Å²) in [5.74, 6) is 1.01. The maximum absolute atomic E-state index is 12.3. The lowest BCUT2D eigenvalue weighted by Crippen LogP contribution is -2.11. The van der Waals surface area contributed by atoms with Crippen LogP contribution in [0.25, 0.3) is 10.6 Å². The minimum atomic E-state index is -0.225. The summed E-state index contributed by atoms with van der Waals surface area (Å²) in [4.78, 5) is 17.8. The molecule has 3 aromatic rings. The summed E-state index contributed by atoms with van der Waals surface area (Å²) in [5.41, 5.74) is 1.36. The summed E-state index contributed by atoms with van der Waals surface area (Å²) in [5, 5.41) is 5.30. The second-order valence-corrected chi connectivity index (χ2v) is 7.98. The highest BCUT2D eigenvalue weighted by Crippen LogP contribution is 2.34. The van der Waals surface area contributed by atoms with Crippen LogP contribution in [0.3, 0.4) is 0 Å². The molecule has 1 aliphatic heterocycles. The van der Waals surface area contributed by atoms with Gasteiger partial charge >= 0.3 is 0 Å². The van der Waals surface area contributed by atoms with Crippen molar-refractivity contribution in [1.29, 1.82) is 0 Å². The maximum atomic E-state index is 12.3. The number of ether oxygens (including phenoxy) is 2. The molecule has 0 saturated heterocycles. The van der Waals surface area contributed by atoms with Gasteiger partial charge in [0.05, 0.1) is 14.4 Å². The molecule has 8 heteroatoms. The number of carbonyl (C=O) groups excluding carboxylic acids is 1. The molecule has 0 aliphatic carbocycles. The predicted octanol–water partition coefficient (Wildman–Crippen LogP) is 4.62. The van der Waals surface area contributed by atoms with E-state index in [1.807, 2.05) is 17.5 Å². The zero-order chi connectivity index (χ0) is 15.8. The number of carbonyl (C=O) groups is 1. The molecular weight excluding hydrogens is 400 g/mol. The fourth-order valence-corrected chi connectivity index (χ4v) is 4.23. The van der Waals surface area contributed by atoms with Crippen molar-refractivity contribution in [1.82, 2.24) is 4.98 Å². The topological polar surface area (TPSA) is 60.5 Å². The van der Waals surface area contributed by atoms with Gasteiger partial charge in [0.1, 0.15) is 0 Å². The van der Waals surface area contributed by atoms with Gasteiger partial charge in [0.25, 0.3) is 5.91 Å². The molecule has 4 rings (SSSR count). The number of thiophene rings is 1. The van der Waals surface area contributed by atoms with E-state index in [1.54, 1.807) is 29.5 Å². The third-order valence-electron chi connectivity index (χ3n) is 3.19. The van der Waals surface area contributed by atoms with E-state index in [4.69, 9.17) is 9.47 Å². The first-order chi connectivity index (χ1) is 11.2. The van der Waals surface area contributed by atoms with Crippen LogP contribution < -0.4 is 14.8 Å². The van der Waals surface area contributed by atoms with Crippen LogP contribution in [-0.4, -0.2) is 17.7 Å². The number of nitrogens with zero attached hydrogens (tertiary/aromatic N) is 1. The van der Waals surface area contributed by atoms with E-state index in [0.29, 0.717) is 22.2 Å². The van der Waals surface area contributed by atoms with Gasteiger partial charge in [-0.1, -0.05) is 0 Å². The van der Waals surface area contributed by atoms with Crippen LogP contribution in [0.5, 0.6) is 11.5 Å². The van der Waals surface area contributed by atoms with Gasteiger partial charge in [-0.15, -0.1) is 22.7 Å². The second kappa shape index (κ2) is 5.95. The summed E-state index contributed by atoms with van der Waals surface area (Å²) in [7, 11) is 0. The number of anilines is 1. The van der Waals surface area contributed by atoms with Crippen LogP contribution in [0.2, 0.25) is 0 Å². The highest BCUT2D eigenvalue weighted by molar-refractivity contribution is 9.11. The number of rotatable bonds is 3. The summed E-state index contributed by atoms with van der Waals surface area (Å²) < 4.78 is 11.6. The van der Waals surface area contributed by atoms with Crippen molar-refractivity contribution in [3.63, 3.8) is 0 Å². The van der Waals surface area contributed by atoms with E-state index in [2.05, 4.69) is 26.2 Å². The monoisotopic (exact) mass is 408 g/mol. The minimum Gasteiger partial charge on any atom is -0.454 e. The van der Waals surface area contributed by atoms with Crippen LogP contribution in [0.15, 0.2) is 39.5 Å². The average molecular weight is 409 g/mol. The molecule has 1 amide bonds. The third kappa shape index (κ3) is 2.97. The highest BCUT2D eigenvalue weighted by Gasteiger charge is 2.17. The Labute approximate surface area is 148 Å². The molecule has 0 fully saturated rings. The van der Waals surface area contributed by atoms with E-state index in [-0.39, 0.29) is 12.7 Å². The van der Waals surface area contributed by atoms with E-state index in [0.717, 1.165) is 14.4 Å². The molecule has 1 N–H and O–H groups in total. The standard InChI is InChI=1S/C15H9BrN2O3S2/c16-13-4-3-12(23-13)9-6-22-15(17-9)18-14(19)8-1-2-10-11(5-8)21-7-20-10/h1-6H,7H2,(H,17,18,19). The quantitative estimate of drug-likeness (QED) is 0.686. The summed E-state index contributed by atoms with van der Waals surface area (Å²) in [6.07, 6.45) is 0. The number of hydrogen-bond acceptors (Lipinski definition) is 6. The molecule has 1 aromatic carbocycles. The first kappa shape index (κ1) is 14.7. The molecule has 0 bridgehead atoms. The van der Waals surface area contributed by atoms with Gasteiger partial charge in [0, 0.05) is 10.9 Å². The van der Waals surface area contributed by atoms with Gasteiger partial charge in [0.2, 0.25) is 6.79 Å². The Morgan fingerprint density at radius 2 is 2.09 bits per heavy atom.